The molecule has 104 valence electrons. The summed E-state index contributed by atoms with van der Waals surface area (Å²) in [7, 11) is 0. The molecule has 2 fully saturated rings. The molecule has 2 aliphatic rings. The van der Waals surface area contributed by atoms with Gasteiger partial charge in [0.05, 0.1) is 5.92 Å². The number of rotatable bonds is 4. The highest BCUT2D eigenvalue weighted by Gasteiger charge is 2.36. The molecule has 3 nitrogen and oxygen atoms in total. The SMILES string of the molecule is CCN(C1CCCC1)C1CCCCCC1C(=O)O. The molecule has 2 aliphatic carbocycles. The van der Waals surface area contributed by atoms with E-state index in [1.807, 2.05) is 0 Å². The van der Waals surface area contributed by atoms with Gasteiger partial charge in [0.25, 0.3) is 0 Å². The van der Waals surface area contributed by atoms with Gasteiger partial charge in [0.15, 0.2) is 0 Å². The first kappa shape index (κ1) is 13.9. The highest BCUT2D eigenvalue weighted by Crippen LogP contribution is 2.33. The third kappa shape index (κ3) is 3.05. The van der Waals surface area contributed by atoms with Crippen LogP contribution >= 0.6 is 0 Å². The second-order valence-corrected chi connectivity index (χ2v) is 5.92. The van der Waals surface area contributed by atoms with Crippen molar-refractivity contribution in [2.75, 3.05) is 6.54 Å². The van der Waals surface area contributed by atoms with Crippen LogP contribution in [0.1, 0.15) is 64.7 Å². The van der Waals surface area contributed by atoms with Gasteiger partial charge >= 0.3 is 5.97 Å². The van der Waals surface area contributed by atoms with Crippen molar-refractivity contribution in [1.82, 2.24) is 4.90 Å². The Balaban J connectivity index is 2.10. The van der Waals surface area contributed by atoms with Crippen molar-refractivity contribution >= 4 is 5.97 Å². The summed E-state index contributed by atoms with van der Waals surface area (Å²) in [6.07, 6.45) is 10.7. The van der Waals surface area contributed by atoms with E-state index in [2.05, 4.69) is 11.8 Å². The highest BCUT2D eigenvalue weighted by atomic mass is 16.4. The highest BCUT2D eigenvalue weighted by molar-refractivity contribution is 5.71. The molecule has 0 saturated heterocycles. The number of nitrogens with zero attached hydrogens (tertiary/aromatic N) is 1. The minimum Gasteiger partial charge on any atom is -0.481 e. The van der Waals surface area contributed by atoms with Crippen LogP contribution in [0.25, 0.3) is 0 Å². The Morgan fingerprint density at radius 1 is 1.06 bits per heavy atom. The Labute approximate surface area is 111 Å². The van der Waals surface area contributed by atoms with Crippen LogP contribution in [0.15, 0.2) is 0 Å². The maximum absolute atomic E-state index is 11.5. The largest absolute Gasteiger partial charge is 0.481 e. The lowest BCUT2D eigenvalue weighted by Gasteiger charge is -2.38. The number of carbonyl (C=O) groups is 1. The van der Waals surface area contributed by atoms with E-state index < -0.39 is 5.97 Å². The Morgan fingerprint density at radius 2 is 1.67 bits per heavy atom. The van der Waals surface area contributed by atoms with E-state index in [1.165, 1.54) is 38.5 Å². The molecule has 18 heavy (non-hydrogen) atoms. The molecule has 0 bridgehead atoms. The molecule has 0 aromatic rings. The fourth-order valence-electron chi connectivity index (χ4n) is 3.97. The van der Waals surface area contributed by atoms with Gasteiger partial charge in [-0.2, -0.15) is 0 Å². The summed E-state index contributed by atoms with van der Waals surface area (Å²) < 4.78 is 0. The zero-order valence-corrected chi connectivity index (χ0v) is 11.6. The zero-order valence-electron chi connectivity index (χ0n) is 11.6. The van der Waals surface area contributed by atoms with Crippen LogP contribution in [-0.2, 0) is 4.79 Å². The molecular formula is C15H27NO2. The van der Waals surface area contributed by atoms with Crippen LogP contribution in [0.3, 0.4) is 0 Å². The van der Waals surface area contributed by atoms with Gasteiger partial charge < -0.3 is 5.11 Å². The van der Waals surface area contributed by atoms with Gasteiger partial charge in [-0.25, -0.2) is 0 Å². The molecule has 1 N–H and O–H groups in total. The van der Waals surface area contributed by atoms with E-state index in [4.69, 9.17) is 0 Å². The molecule has 0 spiro atoms. The van der Waals surface area contributed by atoms with Crippen molar-refractivity contribution in [2.24, 2.45) is 5.92 Å². The zero-order chi connectivity index (χ0) is 13.0. The molecule has 2 unspecified atom stereocenters. The predicted octanol–water partition coefficient (Wildman–Crippen LogP) is 3.28. The van der Waals surface area contributed by atoms with Gasteiger partial charge in [-0.05, 0) is 32.2 Å². The van der Waals surface area contributed by atoms with E-state index >= 15 is 0 Å². The van der Waals surface area contributed by atoms with Crippen molar-refractivity contribution in [3.63, 3.8) is 0 Å². The average Bonchev–Trinajstić information content (AvgIpc) is 2.75. The first-order valence-corrected chi connectivity index (χ1v) is 7.72. The predicted molar refractivity (Wildman–Crippen MR) is 72.6 cm³/mol. The van der Waals surface area contributed by atoms with Crippen molar-refractivity contribution < 1.29 is 9.90 Å². The summed E-state index contributed by atoms with van der Waals surface area (Å²) in [5.74, 6) is -0.702. The van der Waals surface area contributed by atoms with Crippen molar-refractivity contribution in [2.45, 2.75) is 76.8 Å². The molecule has 2 atom stereocenters. The third-order valence-electron chi connectivity index (χ3n) is 4.88. The van der Waals surface area contributed by atoms with Gasteiger partial charge in [0.1, 0.15) is 0 Å². The summed E-state index contributed by atoms with van der Waals surface area (Å²) >= 11 is 0. The fourth-order valence-corrected chi connectivity index (χ4v) is 3.97. The molecular weight excluding hydrogens is 226 g/mol. The van der Waals surface area contributed by atoms with E-state index in [-0.39, 0.29) is 12.0 Å². The monoisotopic (exact) mass is 253 g/mol. The van der Waals surface area contributed by atoms with Gasteiger partial charge in [0, 0.05) is 12.1 Å². The number of aliphatic carboxylic acids is 1. The normalized spacial score (nSPS) is 30.6. The molecule has 0 aromatic heterocycles. The maximum Gasteiger partial charge on any atom is 0.308 e. The standard InChI is InChI=1S/C15H27NO2/c1-2-16(12-8-6-7-9-12)14-11-5-3-4-10-13(14)15(17)18/h12-14H,2-11H2,1H3,(H,17,18). The van der Waals surface area contributed by atoms with Crippen molar-refractivity contribution in [3.8, 4) is 0 Å². The quantitative estimate of drug-likeness (QED) is 0.782. The number of carboxylic acids is 1. The minimum absolute atomic E-state index is 0.131. The Morgan fingerprint density at radius 3 is 2.28 bits per heavy atom. The maximum atomic E-state index is 11.5. The lowest BCUT2D eigenvalue weighted by atomic mass is 9.92. The Bertz CT molecular complexity index is 274. The smallest absolute Gasteiger partial charge is 0.308 e. The van der Waals surface area contributed by atoms with Gasteiger partial charge in [0.2, 0.25) is 0 Å². The van der Waals surface area contributed by atoms with Gasteiger partial charge in [-0.15, -0.1) is 0 Å². The molecule has 2 saturated carbocycles. The third-order valence-corrected chi connectivity index (χ3v) is 4.88. The van der Waals surface area contributed by atoms with E-state index in [9.17, 15) is 9.90 Å². The summed E-state index contributed by atoms with van der Waals surface area (Å²) in [6, 6.07) is 0.943. The number of hydrogen-bond acceptors (Lipinski definition) is 2. The lowest BCUT2D eigenvalue weighted by molar-refractivity contribution is -0.145. The van der Waals surface area contributed by atoms with Crippen LogP contribution in [-0.4, -0.2) is 34.6 Å². The molecule has 0 heterocycles. The number of carboxylic acid groups (broad SMARTS) is 1. The Kier molecular flexibility index (Phi) is 5.04. The lowest BCUT2D eigenvalue weighted by Crippen LogP contribution is -2.47. The van der Waals surface area contributed by atoms with Crippen LogP contribution < -0.4 is 0 Å². The summed E-state index contributed by atoms with van der Waals surface area (Å²) in [4.78, 5) is 14.1. The fraction of sp³-hybridized carbons (Fsp3) is 0.933. The molecule has 0 aromatic carbocycles. The first-order chi connectivity index (χ1) is 8.74. The Hall–Kier alpha value is -0.570. The molecule has 0 aliphatic heterocycles. The minimum atomic E-state index is -0.571. The molecule has 0 amide bonds. The summed E-state index contributed by atoms with van der Waals surface area (Å²) in [6.45, 7) is 3.21. The number of hydrogen-bond donors (Lipinski definition) is 1. The summed E-state index contributed by atoms with van der Waals surface area (Å²) in [5.41, 5.74) is 0. The van der Waals surface area contributed by atoms with Gasteiger partial charge in [-0.1, -0.05) is 39.0 Å². The first-order valence-electron chi connectivity index (χ1n) is 7.72. The van der Waals surface area contributed by atoms with Crippen LogP contribution in [0, 0.1) is 5.92 Å². The second kappa shape index (κ2) is 6.55. The van der Waals surface area contributed by atoms with Crippen molar-refractivity contribution in [1.29, 1.82) is 0 Å². The average molecular weight is 253 g/mol. The molecule has 2 rings (SSSR count). The van der Waals surface area contributed by atoms with Crippen LogP contribution in [0.4, 0.5) is 0 Å². The van der Waals surface area contributed by atoms with Crippen LogP contribution in [0.5, 0.6) is 0 Å². The topological polar surface area (TPSA) is 40.5 Å². The van der Waals surface area contributed by atoms with E-state index in [0.29, 0.717) is 6.04 Å². The van der Waals surface area contributed by atoms with Crippen LogP contribution in [0.2, 0.25) is 0 Å². The van der Waals surface area contributed by atoms with Crippen molar-refractivity contribution in [3.05, 3.63) is 0 Å². The molecule has 0 radical (unpaired) electrons. The molecule has 3 heteroatoms. The van der Waals surface area contributed by atoms with E-state index in [0.717, 1.165) is 25.8 Å². The summed E-state index contributed by atoms with van der Waals surface area (Å²) in [5, 5.41) is 9.49. The second-order valence-electron chi connectivity index (χ2n) is 5.92. The van der Waals surface area contributed by atoms with E-state index in [1.54, 1.807) is 0 Å². The van der Waals surface area contributed by atoms with Gasteiger partial charge in [-0.3, -0.25) is 9.69 Å².